The molecule has 0 aromatic carbocycles. The molecule has 1 heterocycles. The molecule has 1 aromatic heterocycles. The number of hydrogen-bond donors (Lipinski definition) is 3. The lowest BCUT2D eigenvalue weighted by molar-refractivity contribution is -0.122. The van der Waals surface area contributed by atoms with Crippen LogP contribution in [0.15, 0.2) is 17.5 Å². The van der Waals surface area contributed by atoms with E-state index < -0.39 is 6.03 Å². The maximum Gasteiger partial charge on any atom is 0.312 e. The molecule has 0 radical (unpaired) electrons. The van der Waals surface area contributed by atoms with Crippen LogP contribution in [0.3, 0.4) is 0 Å². The molecule has 3 amide bonds. The van der Waals surface area contributed by atoms with Gasteiger partial charge in [-0.2, -0.15) is 0 Å². The van der Waals surface area contributed by atoms with Crippen LogP contribution < -0.4 is 16.4 Å². The standard InChI is InChI=1S/C15H23N3O2S/c16-15(20)18-12(13-8-5-9-21-13)10-14(19)17-11-6-3-1-2-4-7-11/h5,8-9,11-12H,1-4,6-7,10H2,(H,17,19)(H3,16,18,20). The molecule has 21 heavy (non-hydrogen) atoms. The van der Waals surface area contributed by atoms with Crippen LogP contribution in [0.1, 0.15) is 55.9 Å². The molecular formula is C15H23N3O2S. The van der Waals surface area contributed by atoms with Gasteiger partial charge in [-0.05, 0) is 24.3 Å². The number of rotatable bonds is 5. The zero-order chi connectivity index (χ0) is 15.1. The van der Waals surface area contributed by atoms with E-state index in [1.54, 1.807) is 0 Å². The monoisotopic (exact) mass is 309 g/mol. The van der Waals surface area contributed by atoms with Crippen molar-refractivity contribution in [2.24, 2.45) is 5.73 Å². The first kappa shape index (κ1) is 15.8. The fraction of sp³-hybridized carbons (Fsp3) is 0.600. The third-order valence-electron chi connectivity index (χ3n) is 3.81. The smallest absolute Gasteiger partial charge is 0.312 e. The molecule has 0 spiro atoms. The van der Waals surface area contributed by atoms with Crippen molar-refractivity contribution >= 4 is 23.3 Å². The van der Waals surface area contributed by atoms with Crippen LogP contribution in [0.4, 0.5) is 4.79 Å². The third kappa shape index (κ3) is 5.38. The molecule has 1 aliphatic carbocycles. The van der Waals surface area contributed by atoms with Gasteiger partial charge in [0.15, 0.2) is 0 Å². The highest BCUT2D eigenvalue weighted by molar-refractivity contribution is 7.10. The Morgan fingerprint density at radius 1 is 1.29 bits per heavy atom. The Balaban J connectivity index is 1.89. The van der Waals surface area contributed by atoms with Gasteiger partial charge in [0.05, 0.1) is 12.5 Å². The topological polar surface area (TPSA) is 84.2 Å². The van der Waals surface area contributed by atoms with E-state index in [0.717, 1.165) is 17.7 Å². The van der Waals surface area contributed by atoms with Gasteiger partial charge in [0.25, 0.3) is 0 Å². The maximum absolute atomic E-state index is 12.2. The minimum Gasteiger partial charge on any atom is -0.353 e. The van der Waals surface area contributed by atoms with Gasteiger partial charge in [0.1, 0.15) is 0 Å². The first-order chi connectivity index (χ1) is 10.1. The zero-order valence-electron chi connectivity index (χ0n) is 12.1. The second kappa shape index (κ2) is 8.02. The summed E-state index contributed by atoms with van der Waals surface area (Å²) in [5.41, 5.74) is 5.20. The Bertz CT molecular complexity index is 453. The summed E-state index contributed by atoms with van der Waals surface area (Å²) in [5.74, 6) is -0.0194. The second-order valence-corrected chi connectivity index (χ2v) is 6.52. The van der Waals surface area contributed by atoms with Gasteiger partial charge in [-0.25, -0.2) is 4.79 Å². The first-order valence-corrected chi connectivity index (χ1v) is 8.42. The number of amides is 3. The summed E-state index contributed by atoms with van der Waals surface area (Å²) in [6, 6.07) is 3.14. The summed E-state index contributed by atoms with van der Waals surface area (Å²) in [6.07, 6.45) is 7.22. The van der Waals surface area contributed by atoms with E-state index >= 15 is 0 Å². The molecule has 5 nitrogen and oxygen atoms in total. The predicted molar refractivity (Wildman–Crippen MR) is 84.0 cm³/mol. The van der Waals surface area contributed by atoms with Gasteiger partial charge in [-0.1, -0.05) is 31.7 Å². The average Bonchev–Trinajstić information content (AvgIpc) is 2.84. The highest BCUT2D eigenvalue weighted by atomic mass is 32.1. The maximum atomic E-state index is 12.2. The van der Waals surface area contributed by atoms with E-state index in [1.165, 1.54) is 37.0 Å². The van der Waals surface area contributed by atoms with E-state index in [9.17, 15) is 9.59 Å². The van der Waals surface area contributed by atoms with Gasteiger partial charge < -0.3 is 16.4 Å². The second-order valence-electron chi connectivity index (χ2n) is 5.54. The van der Waals surface area contributed by atoms with Crippen LogP contribution in [-0.4, -0.2) is 18.0 Å². The van der Waals surface area contributed by atoms with Gasteiger partial charge in [0.2, 0.25) is 5.91 Å². The van der Waals surface area contributed by atoms with E-state index in [-0.39, 0.29) is 24.4 Å². The van der Waals surface area contributed by atoms with Crippen LogP contribution in [0.25, 0.3) is 0 Å². The molecule has 1 atom stereocenters. The predicted octanol–water partition coefficient (Wildman–Crippen LogP) is 2.69. The van der Waals surface area contributed by atoms with Crippen LogP contribution in [-0.2, 0) is 4.79 Å². The molecule has 1 aliphatic rings. The van der Waals surface area contributed by atoms with E-state index in [2.05, 4.69) is 10.6 Å². The van der Waals surface area contributed by atoms with Crippen molar-refractivity contribution in [1.29, 1.82) is 0 Å². The van der Waals surface area contributed by atoms with Gasteiger partial charge >= 0.3 is 6.03 Å². The third-order valence-corrected chi connectivity index (χ3v) is 4.80. The lowest BCUT2D eigenvalue weighted by Crippen LogP contribution is -2.39. The highest BCUT2D eigenvalue weighted by Crippen LogP contribution is 2.23. The van der Waals surface area contributed by atoms with Crippen LogP contribution in [0.5, 0.6) is 0 Å². The van der Waals surface area contributed by atoms with Gasteiger partial charge in [-0.15, -0.1) is 11.3 Å². The number of nitrogens with one attached hydrogen (secondary N) is 2. The van der Waals surface area contributed by atoms with Crippen molar-refractivity contribution in [3.63, 3.8) is 0 Å². The van der Waals surface area contributed by atoms with Crippen molar-refractivity contribution in [3.8, 4) is 0 Å². The lowest BCUT2D eigenvalue weighted by atomic mass is 10.1. The Kier molecular flexibility index (Phi) is 6.04. The van der Waals surface area contributed by atoms with Crippen LogP contribution in [0.2, 0.25) is 0 Å². The fourth-order valence-corrected chi connectivity index (χ4v) is 3.56. The summed E-state index contributed by atoms with van der Waals surface area (Å²) < 4.78 is 0. The van der Waals surface area contributed by atoms with Crippen LogP contribution in [0, 0.1) is 0 Å². The first-order valence-electron chi connectivity index (χ1n) is 7.54. The lowest BCUT2D eigenvalue weighted by Gasteiger charge is -2.20. The Labute approximate surface area is 129 Å². The molecular weight excluding hydrogens is 286 g/mol. The number of thiophene rings is 1. The fourth-order valence-electron chi connectivity index (χ4n) is 2.78. The van der Waals surface area contributed by atoms with Crippen molar-refractivity contribution in [2.75, 3.05) is 0 Å². The molecule has 1 saturated carbocycles. The summed E-state index contributed by atoms with van der Waals surface area (Å²) >= 11 is 1.51. The Hall–Kier alpha value is -1.56. The zero-order valence-corrected chi connectivity index (χ0v) is 13.0. The molecule has 6 heteroatoms. The molecule has 1 unspecified atom stereocenters. The number of primary amides is 1. The number of hydrogen-bond acceptors (Lipinski definition) is 3. The average molecular weight is 309 g/mol. The Morgan fingerprint density at radius 2 is 2.00 bits per heavy atom. The molecule has 0 saturated heterocycles. The van der Waals surface area contributed by atoms with Crippen molar-refractivity contribution in [1.82, 2.24) is 10.6 Å². The summed E-state index contributed by atoms with van der Waals surface area (Å²) in [6.45, 7) is 0. The number of carbonyl (C=O) groups is 2. The SMILES string of the molecule is NC(=O)NC(CC(=O)NC1CCCCCC1)c1cccs1. The van der Waals surface area contributed by atoms with Crippen molar-refractivity contribution in [2.45, 2.75) is 57.0 Å². The molecule has 1 fully saturated rings. The molecule has 0 bridgehead atoms. The summed E-state index contributed by atoms with van der Waals surface area (Å²) in [7, 11) is 0. The molecule has 2 rings (SSSR count). The number of urea groups is 1. The van der Waals surface area contributed by atoms with Crippen molar-refractivity contribution in [3.05, 3.63) is 22.4 Å². The van der Waals surface area contributed by atoms with Gasteiger partial charge in [0, 0.05) is 10.9 Å². The minimum atomic E-state index is -0.601. The van der Waals surface area contributed by atoms with Gasteiger partial charge in [-0.3, -0.25) is 4.79 Å². The van der Waals surface area contributed by atoms with E-state index in [4.69, 9.17) is 5.73 Å². The normalized spacial score (nSPS) is 17.7. The molecule has 0 aliphatic heterocycles. The summed E-state index contributed by atoms with van der Waals surface area (Å²) in [4.78, 5) is 24.3. The number of carbonyl (C=O) groups excluding carboxylic acids is 2. The highest BCUT2D eigenvalue weighted by Gasteiger charge is 2.21. The largest absolute Gasteiger partial charge is 0.353 e. The molecule has 4 N–H and O–H groups in total. The van der Waals surface area contributed by atoms with E-state index in [1.807, 2.05) is 17.5 Å². The van der Waals surface area contributed by atoms with Crippen LogP contribution >= 0.6 is 11.3 Å². The summed E-state index contributed by atoms with van der Waals surface area (Å²) in [5, 5.41) is 7.67. The Morgan fingerprint density at radius 3 is 2.57 bits per heavy atom. The number of nitrogens with two attached hydrogens (primary N) is 1. The molecule has 116 valence electrons. The van der Waals surface area contributed by atoms with E-state index in [0.29, 0.717) is 0 Å². The minimum absolute atomic E-state index is 0.0194. The quantitative estimate of drug-likeness (QED) is 0.731. The molecule has 1 aromatic rings. The van der Waals surface area contributed by atoms with Crippen molar-refractivity contribution < 1.29 is 9.59 Å².